The van der Waals surface area contributed by atoms with E-state index in [1.54, 1.807) is 30.5 Å². The first kappa shape index (κ1) is 12.5. The van der Waals surface area contributed by atoms with E-state index in [2.05, 4.69) is 4.98 Å². The normalized spacial score (nSPS) is 11.5. The Balaban J connectivity index is 2.12. The Hall–Kier alpha value is -1.94. The van der Waals surface area contributed by atoms with Crippen LogP contribution in [0.4, 0.5) is 0 Å². The van der Waals surface area contributed by atoms with Gasteiger partial charge in [-0.05, 0) is 36.8 Å². The molecule has 0 saturated heterocycles. The zero-order valence-corrected chi connectivity index (χ0v) is 10.8. The zero-order chi connectivity index (χ0) is 13.0. The molecule has 0 amide bonds. The highest BCUT2D eigenvalue weighted by Crippen LogP contribution is 2.21. The second kappa shape index (κ2) is 5.60. The monoisotopic (exact) mass is 259 g/mol. The molecule has 2 rings (SSSR count). The summed E-state index contributed by atoms with van der Waals surface area (Å²) in [7, 11) is 0. The van der Waals surface area contributed by atoms with Gasteiger partial charge in [0.1, 0.15) is 0 Å². The number of carbonyl (C=O) groups is 1. The van der Waals surface area contributed by atoms with Crippen molar-refractivity contribution in [3.8, 4) is 0 Å². The molecule has 0 bridgehead atoms. The van der Waals surface area contributed by atoms with E-state index in [-0.39, 0.29) is 0 Å². The van der Waals surface area contributed by atoms with Crippen molar-refractivity contribution in [2.45, 2.75) is 13.3 Å². The molecule has 92 valence electrons. The van der Waals surface area contributed by atoms with E-state index in [1.165, 1.54) is 4.88 Å². The minimum absolute atomic E-state index is 0.352. The summed E-state index contributed by atoms with van der Waals surface area (Å²) in [6.07, 6.45) is 6.12. The fraction of sp³-hybridized carbons (Fsp3) is 0.143. The second-order valence-corrected chi connectivity index (χ2v) is 5.17. The molecule has 0 atom stereocenters. The fourth-order valence-electron chi connectivity index (χ4n) is 1.55. The molecule has 2 aromatic heterocycles. The first-order valence-corrected chi connectivity index (χ1v) is 6.36. The summed E-state index contributed by atoms with van der Waals surface area (Å²) in [4.78, 5) is 17.0. The van der Waals surface area contributed by atoms with Gasteiger partial charge in [0.05, 0.1) is 0 Å². The van der Waals surface area contributed by atoms with Crippen molar-refractivity contribution in [1.29, 1.82) is 0 Å². The van der Waals surface area contributed by atoms with E-state index in [0.717, 1.165) is 16.9 Å². The lowest BCUT2D eigenvalue weighted by atomic mass is 10.2. The van der Waals surface area contributed by atoms with E-state index in [0.29, 0.717) is 5.57 Å². The largest absolute Gasteiger partial charge is 0.478 e. The van der Waals surface area contributed by atoms with Crippen LogP contribution in [0.15, 0.2) is 42.2 Å². The third-order valence-electron chi connectivity index (χ3n) is 2.48. The molecule has 0 saturated carbocycles. The maximum Gasteiger partial charge on any atom is 0.331 e. The average molecular weight is 259 g/mol. The molecule has 1 N–H and O–H groups in total. The highest BCUT2D eigenvalue weighted by molar-refractivity contribution is 7.12. The summed E-state index contributed by atoms with van der Waals surface area (Å²) in [5.74, 6) is -0.878. The van der Waals surface area contributed by atoms with Crippen molar-refractivity contribution < 1.29 is 9.90 Å². The first-order chi connectivity index (χ1) is 8.65. The number of carboxylic acid groups (broad SMARTS) is 1. The summed E-state index contributed by atoms with van der Waals surface area (Å²) >= 11 is 1.61. The quantitative estimate of drug-likeness (QED) is 0.858. The Morgan fingerprint density at radius 2 is 2.28 bits per heavy atom. The summed E-state index contributed by atoms with van der Waals surface area (Å²) in [5, 5.41) is 8.81. The van der Waals surface area contributed by atoms with Gasteiger partial charge < -0.3 is 5.11 Å². The van der Waals surface area contributed by atoms with Gasteiger partial charge in [-0.15, -0.1) is 11.3 Å². The number of aliphatic carboxylic acids is 1. The predicted octanol–water partition coefficient (Wildman–Crippen LogP) is 3.22. The Morgan fingerprint density at radius 1 is 1.44 bits per heavy atom. The van der Waals surface area contributed by atoms with Crippen LogP contribution in [0.5, 0.6) is 0 Å². The van der Waals surface area contributed by atoms with Crippen LogP contribution in [0, 0.1) is 0 Å². The van der Waals surface area contributed by atoms with Crippen molar-refractivity contribution in [2.24, 2.45) is 0 Å². The molecule has 0 fully saturated rings. The van der Waals surface area contributed by atoms with Gasteiger partial charge >= 0.3 is 5.97 Å². The van der Waals surface area contributed by atoms with Crippen LogP contribution < -0.4 is 0 Å². The third kappa shape index (κ3) is 3.28. The molecule has 0 radical (unpaired) electrons. The number of carboxylic acids is 1. The number of aromatic nitrogens is 1. The van der Waals surface area contributed by atoms with Gasteiger partial charge in [-0.1, -0.05) is 6.07 Å². The lowest BCUT2D eigenvalue weighted by molar-refractivity contribution is -0.132. The smallest absolute Gasteiger partial charge is 0.331 e. The predicted molar refractivity (Wildman–Crippen MR) is 72.6 cm³/mol. The van der Waals surface area contributed by atoms with Crippen molar-refractivity contribution in [1.82, 2.24) is 4.98 Å². The number of hydrogen-bond donors (Lipinski definition) is 1. The van der Waals surface area contributed by atoms with Gasteiger partial charge in [0.15, 0.2) is 0 Å². The lowest BCUT2D eigenvalue weighted by Gasteiger charge is -1.96. The van der Waals surface area contributed by atoms with Gasteiger partial charge in [-0.25, -0.2) is 4.79 Å². The number of thiophene rings is 1. The highest BCUT2D eigenvalue weighted by atomic mass is 32.1. The van der Waals surface area contributed by atoms with Gasteiger partial charge in [0, 0.05) is 34.1 Å². The van der Waals surface area contributed by atoms with Crippen LogP contribution in [0.2, 0.25) is 0 Å². The zero-order valence-electron chi connectivity index (χ0n) is 9.96. The Bertz CT molecular complexity index is 572. The maximum absolute atomic E-state index is 10.7. The molecule has 2 aromatic rings. The molecule has 0 aliphatic carbocycles. The van der Waals surface area contributed by atoms with Gasteiger partial charge in [0.2, 0.25) is 0 Å². The van der Waals surface area contributed by atoms with Crippen LogP contribution in [0.3, 0.4) is 0 Å². The number of rotatable bonds is 4. The van der Waals surface area contributed by atoms with Crippen LogP contribution in [-0.2, 0) is 11.2 Å². The van der Waals surface area contributed by atoms with Crippen LogP contribution in [-0.4, -0.2) is 16.1 Å². The molecule has 3 nitrogen and oxygen atoms in total. The summed E-state index contributed by atoms with van der Waals surface area (Å²) in [6.45, 7) is 1.60. The van der Waals surface area contributed by atoms with E-state index < -0.39 is 5.97 Å². The molecule has 0 aliphatic rings. The minimum atomic E-state index is -0.878. The van der Waals surface area contributed by atoms with Crippen LogP contribution >= 0.6 is 11.3 Å². The van der Waals surface area contributed by atoms with Crippen LogP contribution in [0.25, 0.3) is 6.08 Å². The molecular weight excluding hydrogens is 246 g/mol. The Morgan fingerprint density at radius 3 is 2.94 bits per heavy atom. The Kier molecular flexibility index (Phi) is 3.89. The van der Waals surface area contributed by atoms with E-state index >= 15 is 0 Å². The standard InChI is InChI=1S/C14H13NO2S/c1-10(14(16)17)7-12-4-5-13(18-12)8-11-3-2-6-15-9-11/h2-7,9H,8H2,1H3,(H,16,17)/b10-7-. The van der Waals surface area contributed by atoms with Crippen LogP contribution in [0.1, 0.15) is 22.2 Å². The van der Waals surface area contributed by atoms with Crippen molar-refractivity contribution in [3.63, 3.8) is 0 Å². The molecule has 0 aromatic carbocycles. The van der Waals surface area contributed by atoms with E-state index in [4.69, 9.17) is 5.11 Å². The minimum Gasteiger partial charge on any atom is -0.478 e. The second-order valence-electron chi connectivity index (χ2n) is 3.97. The maximum atomic E-state index is 10.7. The SMILES string of the molecule is C/C(=C/c1ccc(Cc2cccnc2)s1)C(=O)O. The van der Waals surface area contributed by atoms with Crippen molar-refractivity contribution in [3.05, 3.63) is 57.6 Å². The van der Waals surface area contributed by atoms with Gasteiger partial charge in [0.25, 0.3) is 0 Å². The number of nitrogens with zero attached hydrogens (tertiary/aromatic N) is 1. The summed E-state index contributed by atoms with van der Waals surface area (Å²) in [6, 6.07) is 7.92. The van der Waals surface area contributed by atoms with E-state index in [9.17, 15) is 4.79 Å². The Labute approximate surface area is 109 Å². The summed E-state index contributed by atoms with van der Waals surface area (Å²) in [5.41, 5.74) is 1.51. The molecule has 4 heteroatoms. The van der Waals surface area contributed by atoms with E-state index in [1.807, 2.05) is 30.5 Å². The topological polar surface area (TPSA) is 50.2 Å². The molecular formula is C14H13NO2S. The molecule has 18 heavy (non-hydrogen) atoms. The van der Waals surface area contributed by atoms with Crippen molar-refractivity contribution in [2.75, 3.05) is 0 Å². The molecule has 0 aliphatic heterocycles. The fourth-order valence-corrected chi connectivity index (χ4v) is 2.60. The third-order valence-corrected chi connectivity index (χ3v) is 3.51. The van der Waals surface area contributed by atoms with Crippen molar-refractivity contribution >= 4 is 23.4 Å². The average Bonchev–Trinajstić information content (AvgIpc) is 2.77. The number of hydrogen-bond acceptors (Lipinski definition) is 3. The van der Waals surface area contributed by atoms with Gasteiger partial charge in [-0.3, -0.25) is 4.98 Å². The lowest BCUT2D eigenvalue weighted by Crippen LogP contribution is -1.94. The first-order valence-electron chi connectivity index (χ1n) is 5.54. The van der Waals surface area contributed by atoms with Gasteiger partial charge in [-0.2, -0.15) is 0 Å². The molecule has 0 spiro atoms. The molecule has 2 heterocycles. The molecule has 0 unspecified atom stereocenters. The number of pyridine rings is 1. The highest BCUT2D eigenvalue weighted by Gasteiger charge is 2.03. The summed E-state index contributed by atoms with van der Waals surface area (Å²) < 4.78 is 0.